The lowest BCUT2D eigenvalue weighted by Gasteiger charge is -2.31. The minimum absolute atomic E-state index is 0.116. The van der Waals surface area contributed by atoms with Crippen molar-refractivity contribution in [3.8, 4) is 0 Å². The summed E-state index contributed by atoms with van der Waals surface area (Å²) in [5.74, 6) is 0.714. The summed E-state index contributed by atoms with van der Waals surface area (Å²) in [6.07, 6.45) is -0.422. The van der Waals surface area contributed by atoms with Crippen LogP contribution >= 0.6 is 0 Å². The summed E-state index contributed by atoms with van der Waals surface area (Å²) in [7, 11) is 5.88. The quantitative estimate of drug-likeness (QED) is 0.480. The number of amides is 1. The van der Waals surface area contributed by atoms with Crippen molar-refractivity contribution < 1.29 is 9.53 Å². The molecule has 0 unspecified atom stereocenters. The van der Waals surface area contributed by atoms with Crippen LogP contribution < -0.4 is 16.0 Å². The lowest BCUT2D eigenvalue weighted by atomic mass is 9.93. The Hall–Kier alpha value is -1.50. The Morgan fingerprint density at radius 3 is 1.96 bits per heavy atom. The van der Waals surface area contributed by atoms with E-state index in [0.717, 1.165) is 13.1 Å². The third-order valence-corrected chi connectivity index (χ3v) is 3.24. The van der Waals surface area contributed by atoms with Crippen LogP contribution in [0.2, 0.25) is 0 Å². The Balaban J connectivity index is 4.47. The molecule has 0 saturated heterocycles. The highest BCUT2D eigenvalue weighted by Crippen LogP contribution is 2.14. The van der Waals surface area contributed by atoms with Gasteiger partial charge in [0, 0.05) is 26.7 Å². The molecule has 0 aliphatic carbocycles. The molecule has 0 rings (SSSR count). The summed E-state index contributed by atoms with van der Waals surface area (Å²) >= 11 is 0. The highest BCUT2D eigenvalue weighted by molar-refractivity contribution is 5.79. The predicted molar refractivity (Wildman–Crippen MR) is 105 cm³/mol. The van der Waals surface area contributed by atoms with Gasteiger partial charge in [-0.25, -0.2) is 4.79 Å². The molecule has 0 fully saturated rings. The number of hydrogen-bond donors (Lipinski definition) is 3. The number of nitrogens with one attached hydrogen (secondary N) is 3. The molecule has 0 aromatic heterocycles. The molecule has 0 saturated carbocycles. The van der Waals surface area contributed by atoms with Gasteiger partial charge in [0.1, 0.15) is 5.60 Å². The van der Waals surface area contributed by atoms with Crippen molar-refractivity contribution in [2.24, 2.45) is 10.4 Å². The van der Waals surface area contributed by atoms with Crippen LogP contribution in [0.5, 0.6) is 0 Å². The van der Waals surface area contributed by atoms with E-state index in [2.05, 4.69) is 53.8 Å². The molecule has 0 heterocycles. The van der Waals surface area contributed by atoms with Gasteiger partial charge in [-0.3, -0.25) is 4.99 Å². The number of rotatable bonds is 7. The molecule has 148 valence electrons. The van der Waals surface area contributed by atoms with Crippen molar-refractivity contribution in [1.82, 2.24) is 20.9 Å². The summed E-state index contributed by atoms with van der Waals surface area (Å²) in [4.78, 5) is 18.4. The number of carbonyl (C=O) groups excluding carboxylic acids is 1. The number of aliphatic imine (C=N–C) groups is 1. The molecule has 0 bridgehead atoms. The van der Waals surface area contributed by atoms with E-state index < -0.39 is 17.2 Å². The summed E-state index contributed by atoms with van der Waals surface area (Å²) < 4.78 is 5.31. The molecule has 3 N–H and O–H groups in total. The lowest BCUT2D eigenvalue weighted by Crippen LogP contribution is -2.55. The maximum atomic E-state index is 11.9. The fourth-order valence-corrected chi connectivity index (χ4v) is 2.38. The van der Waals surface area contributed by atoms with Gasteiger partial charge in [0.25, 0.3) is 0 Å². The fourth-order valence-electron chi connectivity index (χ4n) is 2.38. The standard InChI is InChI=1S/C18H39N5O2/c1-16(2,3)25-15(24)22-18(6,7)12-21-14(19-8)20-11-17(4,5)13-23(9)10/h11-13H2,1-10H3,(H,22,24)(H2,19,20,21). The molecular weight excluding hydrogens is 318 g/mol. The molecule has 0 aliphatic heterocycles. The number of nitrogens with zero attached hydrogens (tertiary/aromatic N) is 2. The monoisotopic (exact) mass is 357 g/mol. The lowest BCUT2D eigenvalue weighted by molar-refractivity contribution is 0.0474. The summed E-state index contributed by atoms with van der Waals surface area (Å²) in [5, 5.41) is 9.48. The molecule has 0 radical (unpaired) electrons. The molecule has 0 spiro atoms. The molecule has 7 nitrogen and oxygen atoms in total. The summed E-state index contributed by atoms with van der Waals surface area (Å²) in [6.45, 7) is 16.1. The van der Waals surface area contributed by atoms with Gasteiger partial charge in [-0.1, -0.05) is 13.8 Å². The highest BCUT2D eigenvalue weighted by atomic mass is 16.6. The van der Waals surface area contributed by atoms with Crippen molar-refractivity contribution in [1.29, 1.82) is 0 Å². The van der Waals surface area contributed by atoms with E-state index in [1.54, 1.807) is 7.05 Å². The van der Waals surface area contributed by atoms with Gasteiger partial charge in [-0.15, -0.1) is 0 Å². The van der Waals surface area contributed by atoms with Crippen LogP contribution in [0, 0.1) is 5.41 Å². The van der Waals surface area contributed by atoms with Gasteiger partial charge in [-0.05, 0) is 54.1 Å². The van der Waals surface area contributed by atoms with E-state index in [0.29, 0.717) is 12.5 Å². The molecule has 0 aromatic rings. The van der Waals surface area contributed by atoms with E-state index in [4.69, 9.17) is 4.74 Å². The van der Waals surface area contributed by atoms with Gasteiger partial charge in [-0.2, -0.15) is 0 Å². The molecule has 1 amide bonds. The number of hydrogen-bond acceptors (Lipinski definition) is 4. The predicted octanol–water partition coefficient (Wildman–Crippen LogP) is 2.04. The van der Waals surface area contributed by atoms with E-state index in [-0.39, 0.29) is 5.41 Å². The Morgan fingerprint density at radius 1 is 1.00 bits per heavy atom. The van der Waals surface area contributed by atoms with Crippen LogP contribution in [0.15, 0.2) is 4.99 Å². The van der Waals surface area contributed by atoms with Crippen LogP contribution in [0.4, 0.5) is 4.79 Å². The minimum Gasteiger partial charge on any atom is -0.444 e. The highest BCUT2D eigenvalue weighted by Gasteiger charge is 2.25. The second kappa shape index (κ2) is 9.27. The van der Waals surface area contributed by atoms with Gasteiger partial charge < -0.3 is 25.6 Å². The zero-order chi connectivity index (χ0) is 19.9. The normalized spacial score (nSPS) is 13.6. The average Bonchev–Trinajstić information content (AvgIpc) is 2.33. The van der Waals surface area contributed by atoms with Crippen LogP contribution in [0.1, 0.15) is 48.5 Å². The minimum atomic E-state index is -0.511. The van der Waals surface area contributed by atoms with Gasteiger partial charge in [0.15, 0.2) is 5.96 Å². The van der Waals surface area contributed by atoms with E-state index in [1.165, 1.54) is 0 Å². The Bertz CT molecular complexity index is 451. The largest absolute Gasteiger partial charge is 0.444 e. The molecule has 25 heavy (non-hydrogen) atoms. The van der Waals surface area contributed by atoms with Crippen molar-refractivity contribution in [3.05, 3.63) is 0 Å². The zero-order valence-corrected chi connectivity index (χ0v) is 17.8. The second-order valence-electron chi connectivity index (χ2n) is 9.19. The smallest absolute Gasteiger partial charge is 0.408 e. The fraction of sp³-hybridized carbons (Fsp3) is 0.889. The second-order valence-corrected chi connectivity index (χ2v) is 9.19. The third kappa shape index (κ3) is 12.5. The first-order valence-corrected chi connectivity index (χ1v) is 8.76. The zero-order valence-electron chi connectivity index (χ0n) is 17.8. The van der Waals surface area contributed by atoms with Gasteiger partial charge >= 0.3 is 6.09 Å². The molecule has 0 atom stereocenters. The van der Waals surface area contributed by atoms with Gasteiger partial charge in [0.2, 0.25) is 0 Å². The summed E-state index contributed by atoms with van der Waals surface area (Å²) in [5.41, 5.74) is -0.867. The van der Waals surface area contributed by atoms with Crippen molar-refractivity contribution >= 4 is 12.1 Å². The molecule has 0 aromatic carbocycles. The molecular formula is C18H39N5O2. The Morgan fingerprint density at radius 2 is 1.52 bits per heavy atom. The van der Waals surface area contributed by atoms with Crippen LogP contribution in [0.25, 0.3) is 0 Å². The van der Waals surface area contributed by atoms with E-state index in [1.807, 2.05) is 34.6 Å². The third-order valence-electron chi connectivity index (χ3n) is 3.24. The van der Waals surface area contributed by atoms with Gasteiger partial charge in [0.05, 0.1) is 5.54 Å². The van der Waals surface area contributed by atoms with Crippen molar-refractivity contribution in [3.63, 3.8) is 0 Å². The Labute approximate surface area is 154 Å². The van der Waals surface area contributed by atoms with E-state index in [9.17, 15) is 4.79 Å². The maximum absolute atomic E-state index is 11.9. The Kier molecular flexibility index (Phi) is 8.71. The number of guanidine groups is 1. The molecule has 7 heteroatoms. The van der Waals surface area contributed by atoms with Crippen LogP contribution in [-0.4, -0.2) is 68.9 Å². The van der Waals surface area contributed by atoms with Crippen molar-refractivity contribution in [2.45, 2.75) is 59.6 Å². The first kappa shape index (κ1) is 23.5. The topological polar surface area (TPSA) is 78.0 Å². The number of ether oxygens (including phenoxy) is 1. The van der Waals surface area contributed by atoms with E-state index >= 15 is 0 Å². The number of carbonyl (C=O) groups is 1. The first-order chi connectivity index (χ1) is 11.2. The first-order valence-electron chi connectivity index (χ1n) is 8.76. The number of alkyl carbamates (subject to hydrolysis) is 1. The maximum Gasteiger partial charge on any atom is 0.408 e. The molecule has 0 aliphatic rings. The van der Waals surface area contributed by atoms with Crippen LogP contribution in [-0.2, 0) is 4.74 Å². The van der Waals surface area contributed by atoms with Crippen LogP contribution in [0.3, 0.4) is 0 Å². The SMILES string of the molecule is CN=C(NCC(C)(C)CN(C)C)NCC(C)(C)NC(=O)OC(C)(C)C. The average molecular weight is 358 g/mol. The van der Waals surface area contributed by atoms with Crippen molar-refractivity contribution in [2.75, 3.05) is 40.8 Å². The summed E-state index contributed by atoms with van der Waals surface area (Å²) in [6, 6.07) is 0.